The summed E-state index contributed by atoms with van der Waals surface area (Å²) in [6, 6.07) is 4.99. The van der Waals surface area contributed by atoms with Gasteiger partial charge in [-0.1, -0.05) is 30.4 Å². The fourth-order valence-corrected chi connectivity index (χ4v) is 2.59. The monoisotopic (exact) mass is 324 g/mol. The van der Waals surface area contributed by atoms with Crippen LogP contribution in [0.5, 0.6) is 0 Å². The molecule has 0 aliphatic rings. The summed E-state index contributed by atoms with van der Waals surface area (Å²) in [4.78, 5) is 11.7. The van der Waals surface area contributed by atoms with Crippen molar-refractivity contribution in [2.45, 2.75) is 25.9 Å². The number of hydrogen-bond acceptors (Lipinski definition) is 5. The minimum Gasteiger partial charge on any atom is -0.387 e. The molecule has 22 heavy (non-hydrogen) atoms. The zero-order chi connectivity index (χ0) is 15.9. The second kappa shape index (κ2) is 7.81. The third-order valence-corrected chi connectivity index (χ3v) is 3.76. The molecule has 0 radical (unpaired) electrons. The molecule has 2 aromatic rings. The average Bonchev–Trinajstić information content (AvgIpc) is 2.93. The Kier molecular flexibility index (Phi) is 5.79. The van der Waals surface area contributed by atoms with Gasteiger partial charge >= 0.3 is 6.03 Å². The standard InChI is InChI=1S/C14H17FN4O2S/c1-2-3-12-18-19-14(22-12)17-13(21)16-8-11(20)9-4-6-10(15)7-5-9/h4-7,11,20H,2-3,8H2,1H3,(H2,16,17,19,21)/t11-/m0/s1. The molecule has 118 valence electrons. The number of carbonyl (C=O) groups is 1. The zero-order valence-corrected chi connectivity index (χ0v) is 12.9. The Morgan fingerprint density at radius 3 is 2.77 bits per heavy atom. The van der Waals surface area contributed by atoms with E-state index in [1.54, 1.807) is 0 Å². The fraction of sp³-hybridized carbons (Fsp3) is 0.357. The minimum absolute atomic E-state index is 0.0120. The first-order chi connectivity index (χ1) is 10.6. The van der Waals surface area contributed by atoms with Gasteiger partial charge in [-0.3, -0.25) is 5.32 Å². The number of hydrogen-bond donors (Lipinski definition) is 3. The lowest BCUT2D eigenvalue weighted by atomic mass is 10.1. The van der Waals surface area contributed by atoms with Gasteiger partial charge in [0, 0.05) is 13.0 Å². The predicted octanol–water partition coefficient (Wildman–Crippen LogP) is 2.48. The first-order valence-corrected chi connectivity index (χ1v) is 7.71. The van der Waals surface area contributed by atoms with Crippen molar-refractivity contribution in [3.05, 3.63) is 40.7 Å². The van der Waals surface area contributed by atoms with Crippen molar-refractivity contribution < 1.29 is 14.3 Å². The zero-order valence-electron chi connectivity index (χ0n) is 12.0. The molecule has 0 fully saturated rings. The van der Waals surface area contributed by atoms with Crippen molar-refractivity contribution in [2.24, 2.45) is 0 Å². The van der Waals surface area contributed by atoms with Crippen LogP contribution in [0.3, 0.4) is 0 Å². The van der Waals surface area contributed by atoms with Crippen molar-refractivity contribution >= 4 is 22.5 Å². The highest BCUT2D eigenvalue weighted by atomic mass is 32.1. The predicted molar refractivity (Wildman–Crippen MR) is 82.3 cm³/mol. The van der Waals surface area contributed by atoms with E-state index >= 15 is 0 Å². The topological polar surface area (TPSA) is 87.1 Å². The number of aliphatic hydroxyl groups is 1. The molecule has 8 heteroatoms. The number of nitrogens with one attached hydrogen (secondary N) is 2. The van der Waals surface area contributed by atoms with Crippen LogP contribution in [0.4, 0.5) is 14.3 Å². The molecule has 2 rings (SSSR count). The van der Waals surface area contributed by atoms with Crippen molar-refractivity contribution in [1.29, 1.82) is 0 Å². The van der Waals surface area contributed by atoms with Gasteiger partial charge in [0.05, 0.1) is 6.10 Å². The highest BCUT2D eigenvalue weighted by molar-refractivity contribution is 7.15. The number of rotatable bonds is 6. The molecular weight excluding hydrogens is 307 g/mol. The van der Waals surface area contributed by atoms with Gasteiger partial charge in [0.1, 0.15) is 10.8 Å². The maximum atomic E-state index is 12.8. The maximum Gasteiger partial charge on any atom is 0.321 e. The molecule has 6 nitrogen and oxygen atoms in total. The number of anilines is 1. The minimum atomic E-state index is -0.906. The van der Waals surface area contributed by atoms with Crippen molar-refractivity contribution in [3.8, 4) is 0 Å². The summed E-state index contributed by atoms with van der Waals surface area (Å²) in [6.45, 7) is 2.05. The van der Waals surface area contributed by atoms with E-state index in [4.69, 9.17) is 0 Å². The molecule has 0 saturated heterocycles. The molecule has 1 aromatic carbocycles. The number of carbonyl (C=O) groups excluding carboxylic acids is 1. The molecular formula is C14H17FN4O2S. The van der Waals surface area contributed by atoms with Crippen LogP contribution in [0.25, 0.3) is 0 Å². The molecule has 0 aliphatic heterocycles. The van der Waals surface area contributed by atoms with Crippen molar-refractivity contribution in [2.75, 3.05) is 11.9 Å². The van der Waals surface area contributed by atoms with Gasteiger partial charge in [-0.05, 0) is 24.1 Å². The van der Waals surface area contributed by atoms with Crippen LogP contribution in [-0.4, -0.2) is 27.9 Å². The molecule has 2 amide bonds. The van der Waals surface area contributed by atoms with Crippen molar-refractivity contribution in [3.63, 3.8) is 0 Å². The summed E-state index contributed by atoms with van der Waals surface area (Å²) in [7, 11) is 0. The lowest BCUT2D eigenvalue weighted by Gasteiger charge is -2.12. The molecule has 1 atom stereocenters. The fourth-order valence-electron chi connectivity index (χ4n) is 1.75. The largest absolute Gasteiger partial charge is 0.387 e. The van der Waals surface area contributed by atoms with Crippen molar-refractivity contribution in [1.82, 2.24) is 15.5 Å². The van der Waals surface area contributed by atoms with Gasteiger partial charge < -0.3 is 10.4 Å². The van der Waals surface area contributed by atoms with E-state index in [-0.39, 0.29) is 12.4 Å². The second-order valence-corrected chi connectivity index (χ2v) is 5.72. The summed E-state index contributed by atoms with van der Waals surface area (Å²) in [6.07, 6.45) is 0.881. The van der Waals surface area contributed by atoms with E-state index < -0.39 is 12.1 Å². The van der Waals surface area contributed by atoms with E-state index in [2.05, 4.69) is 20.8 Å². The summed E-state index contributed by atoms with van der Waals surface area (Å²) in [5.41, 5.74) is 0.530. The molecule has 0 aliphatic carbocycles. The molecule has 3 N–H and O–H groups in total. The van der Waals surface area contributed by atoms with E-state index in [0.717, 1.165) is 17.8 Å². The lowest BCUT2D eigenvalue weighted by Crippen LogP contribution is -2.32. The number of benzene rings is 1. The van der Waals surface area contributed by atoms with Crippen LogP contribution in [-0.2, 0) is 6.42 Å². The summed E-state index contributed by atoms with van der Waals surface area (Å²) >= 11 is 1.32. The van der Waals surface area contributed by atoms with Gasteiger partial charge in [-0.25, -0.2) is 9.18 Å². The lowest BCUT2D eigenvalue weighted by molar-refractivity contribution is 0.175. The molecule has 1 aromatic heterocycles. The molecule has 1 heterocycles. The molecule has 0 spiro atoms. The summed E-state index contributed by atoms with van der Waals surface area (Å²) in [5, 5.41) is 24.1. The summed E-state index contributed by atoms with van der Waals surface area (Å²) < 4.78 is 12.8. The van der Waals surface area contributed by atoms with Crippen LogP contribution in [0, 0.1) is 5.82 Å². The highest BCUT2D eigenvalue weighted by Gasteiger charge is 2.11. The maximum absolute atomic E-state index is 12.8. The van der Waals surface area contributed by atoms with Gasteiger partial charge in [0.25, 0.3) is 0 Å². The smallest absolute Gasteiger partial charge is 0.321 e. The first kappa shape index (κ1) is 16.3. The Labute approximate surface area is 131 Å². The summed E-state index contributed by atoms with van der Waals surface area (Å²) in [5.74, 6) is -0.374. The second-order valence-electron chi connectivity index (χ2n) is 4.65. The molecule has 0 unspecified atom stereocenters. The third-order valence-electron chi connectivity index (χ3n) is 2.86. The van der Waals surface area contributed by atoms with Crippen LogP contribution < -0.4 is 10.6 Å². The number of nitrogens with zero attached hydrogens (tertiary/aromatic N) is 2. The average molecular weight is 324 g/mol. The first-order valence-electron chi connectivity index (χ1n) is 6.89. The number of aromatic nitrogens is 2. The molecule has 0 saturated carbocycles. The number of urea groups is 1. The quantitative estimate of drug-likeness (QED) is 0.762. The Balaban J connectivity index is 1.80. The number of aliphatic hydroxyl groups excluding tert-OH is 1. The van der Waals surface area contributed by atoms with Gasteiger partial charge in [0.15, 0.2) is 0 Å². The SMILES string of the molecule is CCCc1nnc(NC(=O)NC[C@H](O)c2ccc(F)cc2)s1. The Morgan fingerprint density at radius 2 is 2.09 bits per heavy atom. The van der Waals surface area contributed by atoms with Gasteiger partial charge in [-0.2, -0.15) is 0 Å². The number of aryl methyl sites for hydroxylation is 1. The Morgan fingerprint density at radius 1 is 1.36 bits per heavy atom. The van der Waals surface area contributed by atoms with E-state index in [1.165, 1.54) is 35.6 Å². The Bertz CT molecular complexity index is 618. The van der Waals surface area contributed by atoms with Crippen LogP contribution >= 0.6 is 11.3 Å². The van der Waals surface area contributed by atoms with E-state index in [1.807, 2.05) is 6.92 Å². The van der Waals surface area contributed by atoms with E-state index in [9.17, 15) is 14.3 Å². The van der Waals surface area contributed by atoms with Gasteiger partial charge in [0.2, 0.25) is 5.13 Å². The van der Waals surface area contributed by atoms with Crippen LogP contribution in [0.2, 0.25) is 0 Å². The Hall–Kier alpha value is -2.06. The third kappa shape index (κ3) is 4.74. The highest BCUT2D eigenvalue weighted by Crippen LogP contribution is 2.16. The van der Waals surface area contributed by atoms with Crippen LogP contribution in [0.15, 0.2) is 24.3 Å². The van der Waals surface area contributed by atoms with Gasteiger partial charge in [-0.15, -0.1) is 10.2 Å². The molecule has 0 bridgehead atoms. The van der Waals surface area contributed by atoms with Crippen LogP contribution in [0.1, 0.15) is 30.0 Å². The number of amides is 2. The normalized spacial score (nSPS) is 12.0. The number of halogens is 1. The van der Waals surface area contributed by atoms with E-state index in [0.29, 0.717) is 10.7 Å².